The van der Waals surface area contributed by atoms with E-state index in [4.69, 9.17) is 0 Å². The summed E-state index contributed by atoms with van der Waals surface area (Å²) in [4.78, 5) is 12.1. The van der Waals surface area contributed by atoms with Crippen molar-refractivity contribution in [3.05, 3.63) is 0 Å². The molecule has 1 rings (SSSR count). The molecule has 1 aliphatic heterocycles. The van der Waals surface area contributed by atoms with Gasteiger partial charge in [0.05, 0.1) is 0 Å². The van der Waals surface area contributed by atoms with Crippen LogP contribution < -0.4 is 5.32 Å². The molecule has 0 saturated carbocycles. The van der Waals surface area contributed by atoms with Crippen LogP contribution in [0.3, 0.4) is 0 Å². The van der Waals surface area contributed by atoms with E-state index in [0.717, 1.165) is 0 Å². The average molecular weight is 251 g/mol. The molecular formula is C12H20F3NO. The van der Waals surface area contributed by atoms with Crippen LogP contribution >= 0.6 is 0 Å². The number of alkyl halides is 3. The van der Waals surface area contributed by atoms with E-state index in [0.29, 0.717) is 0 Å². The van der Waals surface area contributed by atoms with Crippen LogP contribution in [0, 0.1) is 17.3 Å². The Morgan fingerprint density at radius 3 is 2.12 bits per heavy atom. The summed E-state index contributed by atoms with van der Waals surface area (Å²) >= 11 is 0. The second kappa shape index (κ2) is 4.59. The number of piperidine rings is 1. The van der Waals surface area contributed by atoms with Crippen LogP contribution in [-0.4, -0.2) is 24.5 Å². The first kappa shape index (κ1) is 14.5. The molecule has 1 N–H and O–H groups in total. The van der Waals surface area contributed by atoms with Crippen LogP contribution in [0.15, 0.2) is 0 Å². The smallest absolute Gasteiger partial charge is 0.305 e. The lowest BCUT2D eigenvalue weighted by Gasteiger charge is -2.37. The fourth-order valence-corrected chi connectivity index (χ4v) is 2.25. The van der Waals surface area contributed by atoms with Crippen LogP contribution in [-0.2, 0) is 4.79 Å². The van der Waals surface area contributed by atoms with E-state index in [2.05, 4.69) is 5.32 Å². The van der Waals surface area contributed by atoms with E-state index in [1.807, 2.05) is 0 Å². The van der Waals surface area contributed by atoms with Gasteiger partial charge in [0.15, 0.2) is 0 Å². The molecule has 0 aliphatic carbocycles. The highest BCUT2D eigenvalue weighted by molar-refractivity contribution is 5.86. The molecule has 0 amide bonds. The molecule has 2 nitrogen and oxygen atoms in total. The van der Waals surface area contributed by atoms with Crippen LogP contribution in [0.2, 0.25) is 0 Å². The van der Waals surface area contributed by atoms with Crippen molar-refractivity contribution >= 4 is 5.78 Å². The fraction of sp³-hybridized carbons (Fsp3) is 0.917. The quantitative estimate of drug-likeness (QED) is 0.776. The molecule has 100 valence electrons. The number of hydrogen-bond donors (Lipinski definition) is 1. The van der Waals surface area contributed by atoms with Crippen molar-refractivity contribution in [2.45, 2.75) is 46.3 Å². The number of hydrogen-bond acceptors (Lipinski definition) is 2. The summed E-state index contributed by atoms with van der Waals surface area (Å²) < 4.78 is 37.6. The number of halogens is 3. The lowest BCUT2D eigenvalue weighted by atomic mass is 9.74. The summed E-state index contributed by atoms with van der Waals surface area (Å²) in [6.45, 7) is 7.27. The topological polar surface area (TPSA) is 29.1 Å². The number of carbonyl (C=O) groups excluding carboxylic acids is 1. The molecule has 5 heteroatoms. The Bertz CT molecular complexity index is 293. The van der Waals surface area contributed by atoms with Crippen molar-refractivity contribution < 1.29 is 18.0 Å². The SMILES string of the molecule is CC1CC(C(F)(F)F)NCC1C(=O)C(C)(C)C. The Labute approximate surface area is 100.0 Å². The predicted octanol–water partition coefficient (Wildman–Crippen LogP) is 2.78. The lowest BCUT2D eigenvalue weighted by molar-refractivity contribution is -0.168. The van der Waals surface area contributed by atoms with Crippen molar-refractivity contribution in [1.29, 1.82) is 0 Å². The van der Waals surface area contributed by atoms with Gasteiger partial charge in [0.25, 0.3) is 0 Å². The Morgan fingerprint density at radius 1 is 1.24 bits per heavy atom. The summed E-state index contributed by atoms with van der Waals surface area (Å²) in [5, 5.41) is 2.45. The summed E-state index contributed by atoms with van der Waals surface area (Å²) in [6, 6.07) is -1.47. The first-order valence-corrected chi connectivity index (χ1v) is 5.88. The molecule has 0 aromatic heterocycles. The lowest BCUT2D eigenvalue weighted by Crippen LogP contribution is -2.53. The standard InChI is InChI=1S/C12H20F3NO/c1-7-5-9(12(13,14)15)16-6-8(7)10(17)11(2,3)4/h7-9,16H,5-6H2,1-4H3. The van der Waals surface area contributed by atoms with Gasteiger partial charge >= 0.3 is 6.18 Å². The predicted molar refractivity (Wildman–Crippen MR) is 59.6 cm³/mol. The molecule has 17 heavy (non-hydrogen) atoms. The van der Waals surface area contributed by atoms with Crippen LogP contribution in [0.5, 0.6) is 0 Å². The molecule has 3 unspecified atom stereocenters. The zero-order valence-electron chi connectivity index (χ0n) is 10.7. The van der Waals surface area contributed by atoms with E-state index in [1.54, 1.807) is 27.7 Å². The summed E-state index contributed by atoms with van der Waals surface area (Å²) in [6.07, 6.45) is -4.24. The summed E-state index contributed by atoms with van der Waals surface area (Å²) in [7, 11) is 0. The Morgan fingerprint density at radius 2 is 1.76 bits per heavy atom. The first-order chi connectivity index (χ1) is 7.53. The van der Waals surface area contributed by atoms with E-state index in [-0.39, 0.29) is 30.6 Å². The molecule has 0 aromatic carbocycles. The maximum atomic E-state index is 12.5. The minimum absolute atomic E-state index is 0.0179. The molecule has 1 heterocycles. The second-order valence-corrected chi connectivity index (χ2v) is 5.94. The Balaban J connectivity index is 2.70. The number of ketones is 1. The zero-order chi connectivity index (χ0) is 13.4. The number of rotatable bonds is 1. The van der Waals surface area contributed by atoms with Gasteiger partial charge in [0, 0.05) is 17.9 Å². The summed E-state index contributed by atoms with van der Waals surface area (Å²) in [5.74, 6) is -0.499. The highest BCUT2D eigenvalue weighted by atomic mass is 19.4. The molecule has 0 radical (unpaired) electrons. The fourth-order valence-electron chi connectivity index (χ4n) is 2.25. The highest BCUT2D eigenvalue weighted by Crippen LogP contribution is 2.34. The van der Waals surface area contributed by atoms with E-state index in [1.165, 1.54) is 0 Å². The molecule has 1 fully saturated rings. The van der Waals surface area contributed by atoms with Gasteiger partial charge in [-0.1, -0.05) is 27.7 Å². The van der Waals surface area contributed by atoms with E-state index in [9.17, 15) is 18.0 Å². The van der Waals surface area contributed by atoms with Crippen molar-refractivity contribution in [2.24, 2.45) is 17.3 Å². The van der Waals surface area contributed by atoms with Gasteiger partial charge in [-0.2, -0.15) is 13.2 Å². The molecule has 1 aliphatic rings. The largest absolute Gasteiger partial charge is 0.403 e. The third-order valence-corrected chi connectivity index (χ3v) is 3.35. The van der Waals surface area contributed by atoms with Gasteiger partial charge in [0.2, 0.25) is 0 Å². The van der Waals surface area contributed by atoms with Gasteiger partial charge in [-0.25, -0.2) is 0 Å². The molecule has 0 aromatic rings. The third-order valence-electron chi connectivity index (χ3n) is 3.35. The highest BCUT2D eigenvalue weighted by Gasteiger charge is 2.46. The Hall–Kier alpha value is -0.580. The Kier molecular flexibility index (Phi) is 3.91. The van der Waals surface area contributed by atoms with E-state index >= 15 is 0 Å². The minimum Gasteiger partial charge on any atom is -0.305 e. The van der Waals surface area contributed by atoms with Crippen LogP contribution in [0.25, 0.3) is 0 Å². The average Bonchev–Trinajstić information content (AvgIpc) is 2.13. The number of carbonyl (C=O) groups is 1. The van der Waals surface area contributed by atoms with E-state index < -0.39 is 17.6 Å². The minimum atomic E-state index is -4.22. The van der Waals surface area contributed by atoms with Crippen LogP contribution in [0.4, 0.5) is 13.2 Å². The maximum absolute atomic E-state index is 12.5. The first-order valence-electron chi connectivity index (χ1n) is 5.88. The molecule has 3 atom stereocenters. The van der Waals surface area contributed by atoms with Gasteiger partial charge in [-0.3, -0.25) is 4.79 Å². The van der Waals surface area contributed by atoms with Crippen molar-refractivity contribution in [3.8, 4) is 0 Å². The number of nitrogens with one attached hydrogen (secondary N) is 1. The second-order valence-electron chi connectivity index (χ2n) is 5.94. The molecular weight excluding hydrogens is 231 g/mol. The van der Waals surface area contributed by atoms with Gasteiger partial charge < -0.3 is 5.32 Å². The monoisotopic (exact) mass is 251 g/mol. The molecule has 0 spiro atoms. The maximum Gasteiger partial charge on any atom is 0.403 e. The van der Waals surface area contributed by atoms with Crippen LogP contribution in [0.1, 0.15) is 34.1 Å². The van der Waals surface area contributed by atoms with Gasteiger partial charge in [-0.05, 0) is 12.3 Å². The van der Waals surface area contributed by atoms with Crippen molar-refractivity contribution in [2.75, 3.05) is 6.54 Å². The van der Waals surface area contributed by atoms with Crippen molar-refractivity contribution in [3.63, 3.8) is 0 Å². The number of Topliss-reactive ketones (excluding diaryl/α,β-unsaturated/α-hetero) is 1. The third kappa shape index (κ3) is 3.44. The normalized spacial score (nSPS) is 31.4. The van der Waals surface area contributed by atoms with Gasteiger partial charge in [-0.15, -0.1) is 0 Å². The van der Waals surface area contributed by atoms with Gasteiger partial charge in [0.1, 0.15) is 11.8 Å². The zero-order valence-corrected chi connectivity index (χ0v) is 10.7. The van der Waals surface area contributed by atoms with Crippen molar-refractivity contribution in [1.82, 2.24) is 5.32 Å². The molecule has 1 saturated heterocycles. The molecule has 0 bridgehead atoms. The summed E-state index contributed by atoms with van der Waals surface area (Å²) in [5.41, 5.74) is -0.494.